The number of methoxy groups -OCH3 is 3. The van der Waals surface area contributed by atoms with Gasteiger partial charge in [0.2, 0.25) is 0 Å². The first-order valence-electron chi connectivity index (χ1n) is 10.6. The Hall–Kier alpha value is -3.85. The summed E-state index contributed by atoms with van der Waals surface area (Å²) in [5, 5.41) is 11.4. The van der Waals surface area contributed by atoms with Crippen molar-refractivity contribution in [3.05, 3.63) is 59.2 Å². The molecule has 3 rings (SSSR count). The molecule has 1 N–H and O–H groups in total. The molecular formula is C25H27NO8. The molecule has 1 unspecified atom stereocenters. The lowest BCUT2D eigenvalue weighted by Crippen LogP contribution is -2.31. The lowest BCUT2D eigenvalue weighted by Gasteiger charge is -2.25. The summed E-state index contributed by atoms with van der Waals surface area (Å²) in [5.41, 5.74) is 0.636. The van der Waals surface area contributed by atoms with Gasteiger partial charge in [0.1, 0.15) is 28.6 Å². The number of benzene rings is 2. The minimum atomic E-state index is -0.877. The molecule has 34 heavy (non-hydrogen) atoms. The third kappa shape index (κ3) is 4.89. The van der Waals surface area contributed by atoms with Gasteiger partial charge in [-0.25, -0.2) is 0 Å². The third-order valence-corrected chi connectivity index (χ3v) is 5.41. The summed E-state index contributed by atoms with van der Waals surface area (Å²) in [5.74, 6) is -1.55. The van der Waals surface area contributed by atoms with Gasteiger partial charge < -0.3 is 29.0 Å². The monoisotopic (exact) mass is 469 g/mol. The number of ketones is 1. The predicted molar refractivity (Wildman–Crippen MR) is 123 cm³/mol. The summed E-state index contributed by atoms with van der Waals surface area (Å²) in [6, 6.07) is 10.5. The van der Waals surface area contributed by atoms with Crippen LogP contribution in [-0.4, -0.2) is 62.1 Å². The molecule has 1 atom stereocenters. The number of likely N-dealkylation sites (tertiary alicyclic amines) is 1. The summed E-state index contributed by atoms with van der Waals surface area (Å²) >= 11 is 0. The van der Waals surface area contributed by atoms with Crippen molar-refractivity contribution in [2.75, 3.05) is 34.5 Å². The van der Waals surface area contributed by atoms with Crippen LogP contribution in [0.25, 0.3) is 5.76 Å². The number of esters is 1. The highest BCUT2D eigenvalue weighted by Gasteiger charge is 2.46. The Kier molecular flexibility index (Phi) is 7.91. The van der Waals surface area contributed by atoms with Crippen LogP contribution in [-0.2, 0) is 19.1 Å². The van der Waals surface area contributed by atoms with E-state index in [1.807, 2.05) is 0 Å². The van der Waals surface area contributed by atoms with Gasteiger partial charge in [-0.2, -0.15) is 0 Å². The average Bonchev–Trinajstić information content (AvgIpc) is 3.08. The number of ether oxygens (including phenoxy) is 4. The predicted octanol–water partition coefficient (Wildman–Crippen LogP) is 3.09. The molecule has 180 valence electrons. The maximum Gasteiger partial charge on any atom is 0.308 e. The Balaban J connectivity index is 2.18. The fraction of sp³-hybridized carbons (Fsp3) is 0.320. The van der Waals surface area contributed by atoms with E-state index >= 15 is 0 Å². The first-order valence-corrected chi connectivity index (χ1v) is 10.6. The largest absolute Gasteiger partial charge is 0.506 e. The fourth-order valence-corrected chi connectivity index (χ4v) is 3.94. The van der Waals surface area contributed by atoms with E-state index in [1.165, 1.54) is 26.0 Å². The minimum absolute atomic E-state index is 0.0922. The molecule has 1 aliphatic rings. The van der Waals surface area contributed by atoms with Crippen molar-refractivity contribution in [3.63, 3.8) is 0 Å². The van der Waals surface area contributed by atoms with Crippen molar-refractivity contribution >= 4 is 23.4 Å². The Morgan fingerprint density at radius 2 is 1.62 bits per heavy atom. The standard InChI is InChI=1S/C25H27NO8/c1-15(27)34-17-11-9-16(10-12-17)22-21(24(29)25(30)26(22)13-6-14-31-2)23(28)20-18(32-3)7-5-8-19(20)33-4/h5,7-12,22,28H,6,13-14H2,1-4H3/b23-21+. The van der Waals surface area contributed by atoms with E-state index in [-0.39, 0.29) is 29.2 Å². The smallest absolute Gasteiger partial charge is 0.308 e. The summed E-state index contributed by atoms with van der Waals surface area (Å²) in [7, 11) is 4.41. The molecule has 0 radical (unpaired) electrons. The Morgan fingerprint density at radius 1 is 1.00 bits per heavy atom. The number of aliphatic hydroxyl groups is 1. The number of aliphatic hydroxyl groups excluding tert-OH is 1. The molecule has 9 nitrogen and oxygen atoms in total. The van der Waals surface area contributed by atoms with Gasteiger partial charge in [0, 0.05) is 27.2 Å². The van der Waals surface area contributed by atoms with Gasteiger partial charge in [0.15, 0.2) is 0 Å². The molecule has 1 heterocycles. The first kappa shape index (κ1) is 24.8. The number of carbonyl (C=O) groups excluding carboxylic acids is 3. The zero-order valence-electron chi connectivity index (χ0n) is 19.5. The van der Waals surface area contributed by atoms with Gasteiger partial charge in [-0.3, -0.25) is 14.4 Å². The molecular weight excluding hydrogens is 442 g/mol. The maximum atomic E-state index is 13.2. The normalized spacial score (nSPS) is 17.1. The van der Waals surface area contributed by atoms with Gasteiger partial charge in [0.25, 0.3) is 11.7 Å². The molecule has 0 spiro atoms. The lowest BCUT2D eigenvalue weighted by atomic mass is 9.94. The highest BCUT2D eigenvalue weighted by Crippen LogP contribution is 2.43. The number of rotatable bonds is 9. The van der Waals surface area contributed by atoms with Crippen LogP contribution in [0.1, 0.15) is 30.5 Å². The summed E-state index contributed by atoms with van der Waals surface area (Å²) < 4.78 is 20.9. The lowest BCUT2D eigenvalue weighted by molar-refractivity contribution is -0.140. The maximum absolute atomic E-state index is 13.2. The fourth-order valence-electron chi connectivity index (χ4n) is 3.94. The van der Waals surface area contributed by atoms with Crippen LogP contribution in [0.5, 0.6) is 17.2 Å². The summed E-state index contributed by atoms with van der Waals surface area (Å²) in [6.07, 6.45) is 0.490. The molecule has 1 amide bonds. The molecule has 2 aromatic rings. The molecule has 0 bridgehead atoms. The van der Waals surface area contributed by atoms with Crippen LogP contribution in [0.3, 0.4) is 0 Å². The second-order valence-electron chi connectivity index (χ2n) is 7.54. The molecule has 2 aromatic carbocycles. The highest BCUT2D eigenvalue weighted by molar-refractivity contribution is 6.46. The second-order valence-corrected chi connectivity index (χ2v) is 7.54. The molecule has 1 saturated heterocycles. The zero-order chi connectivity index (χ0) is 24.8. The van der Waals surface area contributed by atoms with Crippen LogP contribution < -0.4 is 14.2 Å². The van der Waals surface area contributed by atoms with Gasteiger partial charge in [0.05, 0.1) is 25.8 Å². The van der Waals surface area contributed by atoms with Crippen molar-refractivity contribution < 1.29 is 38.4 Å². The van der Waals surface area contributed by atoms with E-state index in [2.05, 4.69) is 0 Å². The van der Waals surface area contributed by atoms with Gasteiger partial charge in [-0.1, -0.05) is 18.2 Å². The number of hydrogen-bond acceptors (Lipinski definition) is 8. The van der Waals surface area contributed by atoms with Crippen LogP contribution in [0.15, 0.2) is 48.0 Å². The van der Waals surface area contributed by atoms with E-state index in [1.54, 1.807) is 49.6 Å². The van der Waals surface area contributed by atoms with Crippen molar-refractivity contribution in [1.29, 1.82) is 0 Å². The van der Waals surface area contributed by atoms with E-state index < -0.39 is 29.5 Å². The number of hydrogen-bond donors (Lipinski definition) is 1. The van der Waals surface area contributed by atoms with Crippen LogP contribution >= 0.6 is 0 Å². The topological polar surface area (TPSA) is 112 Å². The highest BCUT2D eigenvalue weighted by atomic mass is 16.5. The van der Waals surface area contributed by atoms with Crippen molar-refractivity contribution in [2.24, 2.45) is 0 Å². The second kappa shape index (κ2) is 10.8. The Bertz CT molecular complexity index is 1080. The van der Waals surface area contributed by atoms with Crippen LogP contribution in [0.4, 0.5) is 0 Å². The molecule has 0 aliphatic carbocycles. The van der Waals surface area contributed by atoms with Crippen molar-refractivity contribution in [3.8, 4) is 17.2 Å². The number of Topliss-reactive ketones (excluding diaryl/α,β-unsaturated/α-hetero) is 1. The van der Waals surface area contributed by atoms with Crippen molar-refractivity contribution in [1.82, 2.24) is 4.90 Å². The molecule has 0 aromatic heterocycles. The van der Waals surface area contributed by atoms with Gasteiger partial charge in [-0.05, 0) is 36.2 Å². The first-order chi connectivity index (χ1) is 16.3. The molecule has 1 fully saturated rings. The molecule has 9 heteroatoms. The van der Waals surface area contributed by atoms with E-state index in [0.717, 1.165) is 0 Å². The van der Waals surface area contributed by atoms with Crippen LogP contribution in [0, 0.1) is 0 Å². The van der Waals surface area contributed by atoms with Gasteiger partial charge in [-0.15, -0.1) is 0 Å². The Morgan fingerprint density at radius 3 is 2.15 bits per heavy atom. The third-order valence-electron chi connectivity index (χ3n) is 5.41. The quantitative estimate of drug-likeness (QED) is 0.149. The summed E-state index contributed by atoms with van der Waals surface area (Å²) in [6.45, 7) is 1.91. The number of amides is 1. The summed E-state index contributed by atoms with van der Waals surface area (Å²) in [4.78, 5) is 38.8. The van der Waals surface area contributed by atoms with Crippen molar-refractivity contribution in [2.45, 2.75) is 19.4 Å². The van der Waals surface area contributed by atoms with E-state index in [4.69, 9.17) is 18.9 Å². The van der Waals surface area contributed by atoms with E-state index in [9.17, 15) is 19.5 Å². The zero-order valence-corrected chi connectivity index (χ0v) is 19.5. The minimum Gasteiger partial charge on any atom is -0.506 e. The molecule has 1 aliphatic heterocycles. The van der Waals surface area contributed by atoms with Crippen LogP contribution in [0.2, 0.25) is 0 Å². The average molecular weight is 469 g/mol. The molecule has 0 saturated carbocycles. The SMILES string of the molecule is COCCCN1C(=O)C(=O)/C(=C(/O)c2c(OC)cccc2OC)C1c1ccc(OC(C)=O)cc1. The van der Waals surface area contributed by atoms with E-state index in [0.29, 0.717) is 24.3 Å². The van der Waals surface area contributed by atoms with Gasteiger partial charge >= 0.3 is 5.97 Å². The number of nitrogens with zero attached hydrogens (tertiary/aromatic N) is 1. The Labute approximate surface area is 197 Å². The number of carbonyl (C=O) groups is 3.